The van der Waals surface area contributed by atoms with Crippen LogP contribution in [0.25, 0.3) is 0 Å². The van der Waals surface area contributed by atoms with E-state index in [9.17, 15) is 4.79 Å². The molecule has 3 nitrogen and oxygen atoms in total. The van der Waals surface area contributed by atoms with Crippen LogP contribution in [0, 0.1) is 0 Å². The molecular weight excluding hydrogens is 150 g/mol. The van der Waals surface area contributed by atoms with Gasteiger partial charge in [-0.3, -0.25) is 4.79 Å². The molecule has 1 aliphatic rings. The third-order valence-electron chi connectivity index (χ3n) is 1.27. The average molecular weight is 161 g/mol. The summed E-state index contributed by atoms with van der Waals surface area (Å²) in [6, 6.07) is 0. The zero-order valence-electron chi connectivity index (χ0n) is 5.92. The smallest absolute Gasteiger partial charge is 0.320 e. The van der Waals surface area contributed by atoms with Gasteiger partial charge in [-0.1, -0.05) is 0 Å². The first-order valence-corrected chi connectivity index (χ1v) is 4.38. The summed E-state index contributed by atoms with van der Waals surface area (Å²) in [6.45, 7) is 3.06. The van der Waals surface area contributed by atoms with Crippen LogP contribution in [-0.4, -0.2) is 30.2 Å². The molecule has 0 bridgehead atoms. The van der Waals surface area contributed by atoms with E-state index in [1.54, 1.807) is 11.8 Å². The van der Waals surface area contributed by atoms with E-state index >= 15 is 0 Å². The van der Waals surface area contributed by atoms with Crippen molar-refractivity contribution in [2.75, 3.05) is 19.0 Å². The Morgan fingerprint density at radius 1 is 1.90 bits per heavy atom. The molecule has 1 rings (SSSR count). The lowest BCUT2D eigenvalue weighted by Crippen LogP contribution is -2.23. The van der Waals surface area contributed by atoms with Crippen LogP contribution in [0.1, 0.15) is 6.92 Å². The zero-order chi connectivity index (χ0) is 7.40. The molecule has 0 aromatic rings. The van der Waals surface area contributed by atoms with Crippen LogP contribution in [0.15, 0.2) is 0 Å². The van der Waals surface area contributed by atoms with Crippen molar-refractivity contribution in [3.8, 4) is 0 Å². The van der Waals surface area contributed by atoms with Gasteiger partial charge in [0.25, 0.3) is 0 Å². The van der Waals surface area contributed by atoms with Crippen molar-refractivity contribution in [1.29, 1.82) is 0 Å². The Labute approximate surface area is 64.5 Å². The van der Waals surface area contributed by atoms with E-state index in [4.69, 9.17) is 4.74 Å². The van der Waals surface area contributed by atoms with Crippen molar-refractivity contribution in [1.82, 2.24) is 5.32 Å². The molecular formula is C6H11NO2S. The van der Waals surface area contributed by atoms with Gasteiger partial charge in [-0.25, -0.2) is 0 Å². The summed E-state index contributed by atoms with van der Waals surface area (Å²) in [7, 11) is 0. The molecule has 0 amide bonds. The fraction of sp³-hybridized carbons (Fsp3) is 0.833. The molecule has 1 heterocycles. The molecule has 0 saturated carbocycles. The maximum atomic E-state index is 11.0. The number of ether oxygens (including phenoxy) is 1. The zero-order valence-corrected chi connectivity index (χ0v) is 6.74. The Hall–Kier alpha value is -0.220. The van der Waals surface area contributed by atoms with Crippen LogP contribution in [0.2, 0.25) is 0 Å². The first kappa shape index (κ1) is 7.88. The Morgan fingerprint density at radius 3 is 3.20 bits per heavy atom. The molecule has 0 aromatic carbocycles. The van der Waals surface area contributed by atoms with Gasteiger partial charge >= 0.3 is 5.97 Å². The maximum Gasteiger partial charge on any atom is 0.320 e. The van der Waals surface area contributed by atoms with Crippen molar-refractivity contribution in [3.63, 3.8) is 0 Å². The number of hydrogen-bond acceptors (Lipinski definition) is 4. The summed E-state index contributed by atoms with van der Waals surface area (Å²) in [5.74, 6) is 0.779. The van der Waals surface area contributed by atoms with Gasteiger partial charge in [0.15, 0.2) is 0 Å². The minimum Gasteiger partial charge on any atom is -0.465 e. The lowest BCUT2D eigenvalue weighted by atomic mass is 10.4. The second-order valence-corrected chi connectivity index (χ2v) is 3.20. The van der Waals surface area contributed by atoms with Gasteiger partial charge in [0.05, 0.1) is 6.61 Å². The van der Waals surface area contributed by atoms with Gasteiger partial charge < -0.3 is 10.1 Å². The lowest BCUT2D eigenvalue weighted by molar-refractivity contribution is -0.142. The fourth-order valence-corrected chi connectivity index (χ4v) is 1.67. The maximum absolute atomic E-state index is 11.0. The average Bonchev–Trinajstić information content (AvgIpc) is 2.38. The highest BCUT2D eigenvalue weighted by Crippen LogP contribution is 2.15. The monoisotopic (exact) mass is 161 g/mol. The molecule has 0 aliphatic carbocycles. The molecule has 1 N–H and O–H groups in total. The number of nitrogens with one attached hydrogen (secondary N) is 1. The van der Waals surface area contributed by atoms with E-state index in [0.29, 0.717) is 6.61 Å². The first-order valence-electron chi connectivity index (χ1n) is 3.33. The van der Waals surface area contributed by atoms with Crippen molar-refractivity contribution in [2.45, 2.75) is 12.2 Å². The van der Waals surface area contributed by atoms with E-state index in [1.165, 1.54) is 0 Å². The van der Waals surface area contributed by atoms with Crippen LogP contribution in [0.3, 0.4) is 0 Å². The van der Waals surface area contributed by atoms with Crippen LogP contribution < -0.4 is 5.32 Å². The van der Waals surface area contributed by atoms with Crippen LogP contribution in [-0.2, 0) is 9.53 Å². The van der Waals surface area contributed by atoms with E-state index < -0.39 is 0 Å². The topological polar surface area (TPSA) is 38.3 Å². The third-order valence-corrected chi connectivity index (χ3v) is 2.40. The second-order valence-electron chi connectivity index (χ2n) is 2.01. The Kier molecular flexibility index (Phi) is 3.02. The molecule has 0 spiro atoms. The Bertz CT molecular complexity index is 123. The summed E-state index contributed by atoms with van der Waals surface area (Å²) >= 11 is 1.60. The highest BCUT2D eigenvalue weighted by molar-refractivity contribution is 8.00. The van der Waals surface area contributed by atoms with Crippen molar-refractivity contribution in [3.05, 3.63) is 0 Å². The van der Waals surface area contributed by atoms with E-state index in [0.717, 1.165) is 12.4 Å². The molecule has 1 saturated heterocycles. The van der Waals surface area contributed by atoms with Crippen molar-refractivity contribution >= 4 is 17.7 Å². The number of carbonyl (C=O) groups excluding carboxylic acids is 1. The summed E-state index contributed by atoms with van der Waals surface area (Å²) < 4.78 is 4.83. The summed E-state index contributed by atoms with van der Waals surface area (Å²) in [5, 5.41) is 3.10. The van der Waals surface area contributed by atoms with E-state index in [1.807, 2.05) is 6.92 Å². The standard InChI is InChI=1S/C6H11NO2S/c1-2-9-6(8)5-3-7-4-10-5/h5,7H,2-4H2,1H3. The summed E-state index contributed by atoms with van der Waals surface area (Å²) in [4.78, 5) is 11.0. The normalized spacial score (nSPS) is 24.7. The first-order chi connectivity index (χ1) is 4.84. The number of thioether (sulfide) groups is 1. The molecule has 1 aliphatic heterocycles. The van der Waals surface area contributed by atoms with Crippen LogP contribution in [0.4, 0.5) is 0 Å². The SMILES string of the molecule is CCOC(=O)C1CNCS1. The molecule has 1 atom stereocenters. The molecule has 10 heavy (non-hydrogen) atoms. The number of rotatable bonds is 2. The number of hydrogen-bond donors (Lipinski definition) is 1. The second kappa shape index (κ2) is 3.83. The van der Waals surface area contributed by atoms with Gasteiger partial charge in [0, 0.05) is 12.4 Å². The highest BCUT2D eigenvalue weighted by Gasteiger charge is 2.23. The minimum atomic E-state index is -0.0856. The van der Waals surface area contributed by atoms with E-state index in [2.05, 4.69) is 5.32 Å². The van der Waals surface area contributed by atoms with Crippen molar-refractivity contribution < 1.29 is 9.53 Å². The minimum absolute atomic E-state index is 0.0277. The van der Waals surface area contributed by atoms with Gasteiger partial charge in [0.2, 0.25) is 0 Å². The number of carbonyl (C=O) groups is 1. The fourth-order valence-electron chi connectivity index (χ4n) is 0.795. The Morgan fingerprint density at radius 2 is 2.70 bits per heavy atom. The molecule has 58 valence electrons. The van der Waals surface area contributed by atoms with E-state index in [-0.39, 0.29) is 11.2 Å². The van der Waals surface area contributed by atoms with Gasteiger partial charge in [-0.2, -0.15) is 0 Å². The number of esters is 1. The molecule has 0 radical (unpaired) electrons. The molecule has 4 heteroatoms. The van der Waals surface area contributed by atoms with Gasteiger partial charge in [-0.15, -0.1) is 11.8 Å². The summed E-state index contributed by atoms with van der Waals surface area (Å²) in [6.07, 6.45) is 0. The van der Waals surface area contributed by atoms with Gasteiger partial charge in [0.1, 0.15) is 5.25 Å². The van der Waals surface area contributed by atoms with Crippen molar-refractivity contribution in [2.24, 2.45) is 0 Å². The Balaban J connectivity index is 2.25. The largest absolute Gasteiger partial charge is 0.465 e. The third kappa shape index (κ3) is 1.88. The van der Waals surface area contributed by atoms with Crippen LogP contribution in [0.5, 0.6) is 0 Å². The lowest BCUT2D eigenvalue weighted by Gasteiger charge is -2.05. The quantitative estimate of drug-likeness (QED) is 0.588. The van der Waals surface area contributed by atoms with Crippen LogP contribution >= 0.6 is 11.8 Å². The highest BCUT2D eigenvalue weighted by atomic mass is 32.2. The predicted octanol–water partition coefficient (Wildman–Crippen LogP) is 0.212. The summed E-state index contributed by atoms with van der Waals surface area (Å²) in [5.41, 5.74) is 0. The predicted molar refractivity (Wildman–Crippen MR) is 40.9 cm³/mol. The molecule has 0 aromatic heterocycles. The molecule has 1 unspecified atom stereocenters. The molecule has 1 fully saturated rings. The van der Waals surface area contributed by atoms with Gasteiger partial charge in [-0.05, 0) is 6.92 Å².